The van der Waals surface area contributed by atoms with Gasteiger partial charge >= 0.3 is 12.2 Å². The Bertz CT molecular complexity index is 996. The molecule has 1 aliphatic heterocycles. The molecule has 31 heavy (non-hydrogen) atoms. The summed E-state index contributed by atoms with van der Waals surface area (Å²) in [4.78, 5) is 14.3. The van der Waals surface area contributed by atoms with Gasteiger partial charge in [-0.3, -0.25) is 0 Å². The Morgan fingerprint density at radius 2 is 1.97 bits per heavy atom. The lowest BCUT2D eigenvalue weighted by Gasteiger charge is -2.29. The van der Waals surface area contributed by atoms with E-state index in [9.17, 15) is 23.1 Å². The second-order valence-electron chi connectivity index (χ2n) is 8.88. The molecule has 0 unspecified atom stereocenters. The van der Waals surface area contributed by atoms with Crippen LogP contribution in [0.15, 0.2) is 48.5 Å². The normalized spacial score (nSPS) is 27.8. The summed E-state index contributed by atoms with van der Waals surface area (Å²) in [5, 5.41) is 13.9. The van der Waals surface area contributed by atoms with Gasteiger partial charge in [0.25, 0.3) is 0 Å². The van der Waals surface area contributed by atoms with Crippen LogP contribution in [0.25, 0.3) is 0 Å². The van der Waals surface area contributed by atoms with Crippen molar-refractivity contribution < 1.29 is 27.8 Å². The van der Waals surface area contributed by atoms with Gasteiger partial charge < -0.3 is 20.1 Å². The highest BCUT2D eigenvalue weighted by atomic mass is 19.4. The first-order valence-corrected chi connectivity index (χ1v) is 10.1. The van der Waals surface area contributed by atoms with E-state index >= 15 is 0 Å². The van der Waals surface area contributed by atoms with Gasteiger partial charge in [-0.1, -0.05) is 25.1 Å². The van der Waals surface area contributed by atoms with Gasteiger partial charge in [0, 0.05) is 18.8 Å². The van der Waals surface area contributed by atoms with Gasteiger partial charge in [-0.25, -0.2) is 4.79 Å². The maximum Gasteiger partial charge on any atom is 0.416 e. The van der Waals surface area contributed by atoms with E-state index in [2.05, 4.69) is 5.32 Å². The quantitative estimate of drug-likeness (QED) is 0.725. The number of nitrogens with one attached hydrogen (secondary N) is 1. The van der Waals surface area contributed by atoms with Gasteiger partial charge in [0.1, 0.15) is 5.75 Å². The van der Waals surface area contributed by atoms with E-state index in [4.69, 9.17) is 4.74 Å². The highest BCUT2D eigenvalue weighted by Gasteiger charge is 2.57. The number of hydrogen-bond acceptors (Lipinski definition) is 3. The number of hydrogen-bond donors (Lipinski definition) is 2. The molecule has 0 aromatic heterocycles. The highest BCUT2D eigenvalue weighted by Crippen LogP contribution is 2.56. The minimum absolute atomic E-state index is 0.0796. The number of alkyl halides is 3. The zero-order valence-electron chi connectivity index (χ0n) is 17.4. The second-order valence-corrected chi connectivity index (χ2v) is 8.88. The Hall–Kier alpha value is -2.74. The Kier molecular flexibility index (Phi) is 5.16. The number of ether oxygens (including phenoxy) is 1. The summed E-state index contributed by atoms with van der Waals surface area (Å²) in [7, 11) is 1.58. The lowest BCUT2D eigenvalue weighted by molar-refractivity contribution is -0.137. The number of urea groups is 1. The fraction of sp³-hybridized carbons (Fsp3) is 0.435. The molecule has 0 bridgehead atoms. The van der Waals surface area contributed by atoms with E-state index in [-0.39, 0.29) is 17.0 Å². The first-order chi connectivity index (χ1) is 14.5. The Morgan fingerprint density at radius 3 is 2.65 bits per heavy atom. The van der Waals surface area contributed by atoms with Crippen LogP contribution in [-0.4, -0.2) is 36.2 Å². The molecule has 2 fully saturated rings. The van der Waals surface area contributed by atoms with Crippen LogP contribution in [-0.2, 0) is 11.8 Å². The molecule has 1 saturated heterocycles. The number of benzene rings is 2. The van der Waals surface area contributed by atoms with E-state index in [0.717, 1.165) is 17.7 Å². The van der Waals surface area contributed by atoms with E-state index < -0.39 is 23.4 Å². The van der Waals surface area contributed by atoms with Crippen molar-refractivity contribution in [3.05, 3.63) is 59.7 Å². The fourth-order valence-electron chi connectivity index (χ4n) is 5.04. The highest BCUT2D eigenvalue weighted by molar-refractivity contribution is 5.89. The summed E-state index contributed by atoms with van der Waals surface area (Å²) in [6.45, 7) is 2.91. The lowest BCUT2D eigenvalue weighted by atomic mass is 9.82. The number of rotatable bonds is 3. The van der Waals surface area contributed by atoms with Crippen molar-refractivity contribution in [2.24, 2.45) is 11.3 Å². The SMILES string of the molecule is COc1cccc([C@]2(O)C[C@H]3CN(C(=O)Nc4cccc(C(F)(F)F)c4)C[C@@]3(C)C2)c1. The van der Waals surface area contributed by atoms with Gasteiger partial charge in [-0.05, 0) is 60.1 Å². The lowest BCUT2D eigenvalue weighted by Crippen LogP contribution is -2.37. The maximum atomic E-state index is 12.9. The van der Waals surface area contributed by atoms with Crippen molar-refractivity contribution in [1.29, 1.82) is 0 Å². The third kappa shape index (κ3) is 4.08. The number of fused-ring (bicyclic) bond motifs is 1. The number of methoxy groups -OCH3 is 1. The number of amides is 2. The molecule has 0 spiro atoms. The molecule has 2 amide bonds. The van der Waals surface area contributed by atoms with Crippen molar-refractivity contribution in [2.75, 3.05) is 25.5 Å². The topological polar surface area (TPSA) is 61.8 Å². The average molecular weight is 434 g/mol. The Labute approximate surface area is 178 Å². The zero-order valence-corrected chi connectivity index (χ0v) is 17.4. The molecule has 1 heterocycles. The van der Waals surface area contributed by atoms with Gasteiger partial charge in [0.2, 0.25) is 0 Å². The number of carbonyl (C=O) groups is 1. The predicted octanol–water partition coefficient (Wildman–Crippen LogP) is 4.87. The number of anilines is 1. The first kappa shape index (κ1) is 21.5. The van der Waals surface area contributed by atoms with Crippen LogP contribution in [0.4, 0.5) is 23.7 Å². The van der Waals surface area contributed by atoms with Crippen LogP contribution >= 0.6 is 0 Å². The van der Waals surface area contributed by atoms with Crippen LogP contribution in [0.1, 0.15) is 30.9 Å². The Balaban J connectivity index is 1.45. The summed E-state index contributed by atoms with van der Waals surface area (Å²) in [6, 6.07) is 11.6. The molecule has 4 rings (SSSR count). The van der Waals surface area contributed by atoms with E-state index in [0.29, 0.717) is 31.7 Å². The van der Waals surface area contributed by atoms with Crippen LogP contribution in [0.5, 0.6) is 5.75 Å². The van der Waals surface area contributed by atoms with Gasteiger partial charge in [-0.2, -0.15) is 13.2 Å². The maximum absolute atomic E-state index is 12.9. The van der Waals surface area contributed by atoms with Gasteiger partial charge in [0.15, 0.2) is 0 Å². The molecule has 2 aromatic rings. The van der Waals surface area contributed by atoms with Gasteiger partial charge in [-0.15, -0.1) is 0 Å². The van der Waals surface area contributed by atoms with Crippen LogP contribution in [0, 0.1) is 11.3 Å². The van der Waals surface area contributed by atoms with Gasteiger partial charge in [0.05, 0.1) is 18.3 Å². The molecule has 5 nitrogen and oxygen atoms in total. The van der Waals surface area contributed by atoms with Crippen LogP contribution in [0.3, 0.4) is 0 Å². The average Bonchev–Trinajstić information content (AvgIpc) is 3.16. The molecule has 8 heteroatoms. The molecule has 3 atom stereocenters. The first-order valence-electron chi connectivity index (χ1n) is 10.1. The number of aliphatic hydroxyl groups is 1. The Morgan fingerprint density at radius 1 is 1.23 bits per heavy atom. The molecule has 1 aliphatic carbocycles. The number of carbonyl (C=O) groups excluding carboxylic acids is 1. The molecule has 0 radical (unpaired) electrons. The summed E-state index contributed by atoms with van der Waals surface area (Å²) < 4.78 is 44.0. The summed E-state index contributed by atoms with van der Waals surface area (Å²) in [5.74, 6) is 0.756. The smallest absolute Gasteiger partial charge is 0.416 e. The van der Waals surface area contributed by atoms with Crippen molar-refractivity contribution in [2.45, 2.75) is 31.5 Å². The largest absolute Gasteiger partial charge is 0.497 e. The van der Waals surface area contributed by atoms with E-state index in [1.54, 1.807) is 12.0 Å². The standard InChI is InChI=1S/C23H25F3N2O3/c1-21-13-22(30,15-5-4-8-19(10-15)31-2)11-17(21)12-28(14-21)20(29)27-18-7-3-6-16(9-18)23(24,25)26/h3-10,17,30H,11-14H2,1-2H3,(H,27,29)/t17-,21+,22-/m0/s1. The van der Waals surface area contributed by atoms with Crippen molar-refractivity contribution in [1.82, 2.24) is 4.90 Å². The minimum atomic E-state index is -4.47. The van der Waals surface area contributed by atoms with Crippen molar-refractivity contribution >= 4 is 11.7 Å². The zero-order chi connectivity index (χ0) is 22.4. The summed E-state index contributed by atoms with van der Waals surface area (Å²) in [5.41, 5.74) is -1.20. The molecular weight excluding hydrogens is 409 g/mol. The van der Waals surface area contributed by atoms with E-state index in [1.165, 1.54) is 12.1 Å². The molecule has 1 saturated carbocycles. The van der Waals surface area contributed by atoms with Crippen molar-refractivity contribution in [3.8, 4) is 5.75 Å². The number of likely N-dealkylation sites (tertiary alicyclic amines) is 1. The van der Waals surface area contributed by atoms with Crippen LogP contribution < -0.4 is 10.1 Å². The molecule has 166 valence electrons. The molecule has 2 N–H and O–H groups in total. The van der Waals surface area contributed by atoms with Crippen LogP contribution in [0.2, 0.25) is 0 Å². The third-order valence-corrected chi connectivity index (χ3v) is 6.59. The number of halogens is 3. The minimum Gasteiger partial charge on any atom is -0.497 e. The fourth-order valence-corrected chi connectivity index (χ4v) is 5.04. The molecule has 2 aromatic carbocycles. The van der Waals surface area contributed by atoms with E-state index in [1.807, 2.05) is 31.2 Å². The second kappa shape index (κ2) is 7.44. The molecular formula is C23H25F3N2O3. The van der Waals surface area contributed by atoms with Crippen molar-refractivity contribution in [3.63, 3.8) is 0 Å². The molecule has 2 aliphatic rings. The summed E-state index contributed by atoms with van der Waals surface area (Å²) in [6.07, 6.45) is -3.47. The number of nitrogens with zero attached hydrogens (tertiary/aromatic N) is 1. The third-order valence-electron chi connectivity index (χ3n) is 6.59. The predicted molar refractivity (Wildman–Crippen MR) is 110 cm³/mol. The summed E-state index contributed by atoms with van der Waals surface area (Å²) >= 11 is 0. The monoisotopic (exact) mass is 434 g/mol.